The molecule has 1 saturated heterocycles. The van der Waals surface area contributed by atoms with Crippen molar-refractivity contribution in [2.24, 2.45) is 5.92 Å². The second-order valence-corrected chi connectivity index (χ2v) is 6.56. The molecule has 1 aliphatic heterocycles. The number of carbonyl (C=O) groups is 1. The maximum atomic E-state index is 12.5. The molecule has 0 radical (unpaired) electrons. The first kappa shape index (κ1) is 17.6. The number of nitrogens with zero attached hydrogens (tertiary/aromatic N) is 1. The molecule has 6 heteroatoms. The molecule has 0 spiro atoms. The summed E-state index contributed by atoms with van der Waals surface area (Å²) < 4.78 is 10.3. The highest BCUT2D eigenvalue weighted by molar-refractivity contribution is 5.95. The van der Waals surface area contributed by atoms with Crippen molar-refractivity contribution < 1.29 is 13.9 Å². The van der Waals surface area contributed by atoms with E-state index in [0.29, 0.717) is 11.3 Å². The number of hydrogen-bond acceptors (Lipinski definition) is 5. The van der Waals surface area contributed by atoms with Gasteiger partial charge in [0.15, 0.2) is 0 Å². The Morgan fingerprint density at radius 1 is 1.32 bits per heavy atom. The smallest absolute Gasteiger partial charge is 0.336 e. The van der Waals surface area contributed by atoms with Crippen molar-refractivity contribution in [1.82, 2.24) is 4.90 Å². The first-order valence-corrected chi connectivity index (χ1v) is 8.63. The molecule has 1 amide bonds. The molecule has 0 aliphatic carbocycles. The Bertz CT molecular complexity index is 807. The summed E-state index contributed by atoms with van der Waals surface area (Å²) in [5.41, 5.74) is 1.65. The first-order chi connectivity index (χ1) is 12.1. The number of carbonyl (C=O) groups excluding carboxylic acids is 1. The van der Waals surface area contributed by atoms with Crippen molar-refractivity contribution in [1.29, 1.82) is 0 Å². The topological polar surface area (TPSA) is 71.8 Å². The van der Waals surface area contributed by atoms with Gasteiger partial charge in [-0.15, -0.1) is 0 Å². The largest absolute Gasteiger partial charge is 0.423 e. The minimum Gasteiger partial charge on any atom is -0.423 e. The number of ether oxygens (including phenoxy) is 1. The molecule has 6 nitrogen and oxygen atoms in total. The summed E-state index contributed by atoms with van der Waals surface area (Å²) in [6.07, 6.45) is 1.69. The van der Waals surface area contributed by atoms with Crippen LogP contribution in [0.1, 0.15) is 18.4 Å². The molecule has 1 aromatic heterocycles. The molecular weight excluding hydrogens is 320 g/mol. The van der Waals surface area contributed by atoms with E-state index in [2.05, 4.69) is 10.2 Å². The van der Waals surface area contributed by atoms with Crippen LogP contribution >= 0.6 is 0 Å². The summed E-state index contributed by atoms with van der Waals surface area (Å²) in [5.74, 6) is 0.0414. The van der Waals surface area contributed by atoms with Crippen molar-refractivity contribution in [3.05, 3.63) is 40.2 Å². The summed E-state index contributed by atoms with van der Waals surface area (Å²) in [6.45, 7) is 5.32. The van der Waals surface area contributed by atoms with Crippen molar-refractivity contribution in [3.8, 4) is 0 Å². The van der Waals surface area contributed by atoms with E-state index in [0.717, 1.165) is 50.0 Å². The lowest BCUT2D eigenvalue weighted by Crippen LogP contribution is -2.39. The van der Waals surface area contributed by atoms with Crippen LogP contribution in [0.4, 0.5) is 5.69 Å². The van der Waals surface area contributed by atoms with Gasteiger partial charge in [0.2, 0.25) is 5.91 Å². The number of benzene rings is 1. The maximum absolute atomic E-state index is 12.5. The Kier molecular flexibility index (Phi) is 5.50. The van der Waals surface area contributed by atoms with Crippen LogP contribution in [0, 0.1) is 12.8 Å². The Morgan fingerprint density at radius 3 is 2.80 bits per heavy atom. The summed E-state index contributed by atoms with van der Waals surface area (Å²) in [5, 5.41) is 3.84. The molecule has 1 aromatic carbocycles. The highest BCUT2D eigenvalue weighted by Gasteiger charge is 2.24. The second kappa shape index (κ2) is 7.80. The molecule has 1 N–H and O–H groups in total. The number of amides is 1. The number of methoxy groups -OCH3 is 1. The monoisotopic (exact) mass is 344 g/mol. The van der Waals surface area contributed by atoms with Gasteiger partial charge in [-0.05, 0) is 50.6 Å². The van der Waals surface area contributed by atoms with Crippen LogP contribution in [0.5, 0.6) is 0 Å². The predicted octanol–water partition coefficient (Wildman–Crippen LogP) is 2.40. The molecule has 25 heavy (non-hydrogen) atoms. The van der Waals surface area contributed by atoms with Gasteiger partial charge in [0, 0.05) is 42.8 Å². The van der Waals surface area contributed by atoms with Crippen molar-refractivity contribution in [2.75, 3.05) is 38.7 Å². The van der Waals surface area contributed by atoms with Gasteiger partial charge in [-0.1, -0.05) is 0 Å². The quantitative estimate of drug-likeness (QED) is 0.843. The molecule has 0 saturated carbocycles. The van der Waals surface area contributed by atoms with E-state index in [1.807, 2.05) is 19.1 Å². The molecule has 0 bridgehead atoms. The molecule has 134 valence electrons. The van der Waals surface area contributed by atoms with Gasteiger partial charge in [0.25, 0.3) is 0 Å². The van der Waals surface area contributed by atoms with Crippen LogP contribution in [0.15, 0.2) is 33.5 Å². The maximum Gasteiger partial charge on any atom is 0.336 e. The summed E-state index contributed by atoms with van der Waals surface area (Å²) in [6, 6.07) is 6.91. The minimum atomic E-state index is -0.378. The Balaban J connectivity index is 1.63. The number of piperidine rings is 1. The van der Waals surface area contributed by atoms with Crippen molar-refractivity contribution >= 4 is 22.6 Å². The number of nitrogens with one attached hydrogen (secondary N) is 1. The lowest BCUT2D eigenvalue weighted by molar-refractivity contribution is -0.121. The lowest BCUT2D eigenvalue weighted by Gasteiger charge is -2.30. The van der Waals surface area contributed by atoms with Crippen LogP contribution in [-0.4, -0.2) is 44.2 Å². The standard InChI is InChI=1S/C19H24N2O4/c1-13-11-18(22)25-17-12-15(3-4-16(13)17)20-19(23)14-5-7-21(8-6-14)9-10-24-2/h3-4,11-12,14H,5-10H2,1-2H3,(H,20,23). The van der Waals surface area contributed by atoms with E-state index in [1.165, 1.54) is 6.07 Å². The molecule has 3 rings (SSSR count). The zero-order valence-corrected chi connectivity index (χ0v) is 14.7. The molecule has 1 fully saturated rings. The summed E-state index contributed by atoms with van der Waals surface area (Å²) in [4.78, 5) is 26.4. The van der Waals surface area contributed by atoms with Gasteiger partial charge in [-0.2, -0.15) is 0 Å². The molecular formula is C19H24N2O4. The van der Waals surface area contributed by atoms with E-state index < -0.39 is 0 Å². The Morgan fingerprint density at radius 2 is 2.08 bits per heavy atom. The van der Waals surface area contributed by atoms with Crippen LogP contribution in [0.25, 0.3) is 11.0 Å². The highest BCUT2D eigenvalue weighted by atomic mass is 16.5. The number of fused-ring (bicyclic) bond motifs is 1. The predicted molar refractivity (Wildman–Crippen MR) is 96.9 cm³/mol. The molecule has 0 atom stereocenters. The fraction of sp³-hybridized carbons (Fsp3) is 0.474. The minimum absolute atomic E-state index is 0.0130. The van der Waals surface area contributed by atoms with E-state index in [-0.39, 0.29) is 17.5 Å². The fourth-order valence-corrected chi connectivity index (χ4v) is 3.29. The zero-order valence-electron chi connectivity index (χ0n) is 14.7. The van der Waals surface area contributed by atoms with Crippen LogP contribution in [-0.2, 0) is 9.53 Å². The van der Waals surface area contributed by atoms with Gasteiger partial charge in [0.1, 0.15) is 5.58 Å². The van der Waals surface area contributed by atoms with E-state index >= 15 is 0 Å². The van der Waals surface area contributed by atoms with Crippen LogP contribution in [0.2, 0.25) is 0 Å². The fourth-order valence-electron chi connectivity index (χ4n) is 3.29. The SMILES string of the molecule is COCCN1CCC(C(=O)Nc2ccc3c(C)cc(=O)oc3c2)CC1. The number of likely N-dealkylation sites (tertiary alicyclic amines) is 1. The third-order valence-electron chi connectivity index (χ3n) is 4.79. The average molecular weight is 344 g/mol. The third kappa shape index (κ3) is 4.27. The Labute approximate surface area is 146 Å². The number of aryl methyl sites for hydroxylation is 1. The third-order valence-corrected chi connectivity index (χ3v) is 4.79. The molecule has 2 aromatic rings. The highest BCUT2D eigenvalue weighted by Crippen LogP contribution is 2.23. The van der Waals surface area contributed by atoms with Crippen LogP contribution in [0.3, 0.4) is 0 Å². The molecule has 2 heterocycles. The first-order valence-electron chi connectivity index (χ1n) is 8.63. The lowest BCUT2D eigenvalue weighted by atomic mass is 9.96. The summed E-state index contributed by atoms with van der Waals surface area (Å²) in [7, 11) is 1.70. The van der Waals surface area contributed by atoms with E-state index in [4.69, 9.17) is 9.15 Å². The van der Waals surface area contributed by atoms with E-state index in [1.54, 1.807) is 13.2 Å². The number of rotatable bonds is 5. The van der Waals surface area contributed by atoms with Gasteiger partial charge in [0.05, 0.1) is 6.61 Å². The number of anilines is 1. The van der Waals surface area contributed by atoms with E-state index in [9.17, 15) is 9.59 Å². The van der Waals surface area contributed by atoms with Gasteiger partial charge < -0.3 is 19.4 Å². The normalized spacial score (nSPS) is 16.2. The molecule has 0 unspecified atom stereocenters. The average Bonchev–Trinajstić information content (AvgIpc) is 2.60. The number of hydrogen-bond donors (Lipinski definition) is 1. The van der Waals surface area contributed by atoms with Gasteiger partial charge in [-0.3, -0.25) is 4.79 Å². The van der Waals surface area contributed by atoms with Crippen molar-refractivity contribution in [2.45, 2.75) is 19.8 Å². The summed E-state index contributed by atoms with van der Waals surface area (Å²) >= 11 is 0. The zero-order chi connectivity index (χ0) is 17.8. The Hall–Kier alpha value is -2.18. The molecule has 1 aliphatic rings. The van der Waals surface area contributed by atoms with Gasteiger partial charge in [-0.25, -0.2) is 4.79 Å². The van der Waals surface area contributed by atoms with Crippen LogP contribution < -0.4 is 10.9 Å². The van der Waals surface area contributed by atoms with Crippen molar-refractivity contribution in [3.63, 3.8) is 0 Å². The second-order valence-electron chi connectivity index (χ2n) is 6.56. The van der Waals surface area contributed by atoms with Gasteiger partial charge >= 0.3 is 5.63 Å².